The maximum atomic E-state index is 13.8. The Morgan fingerprint density at radius 3 is 2.33 bits per heavy atom. The van der Waals surface area contributed by atoms with E-state index in [1.165, 1.54) is 24.3 Å². The first-order valence-electron chi connectivity index (χ1n) is 6.25. The van der Waals surface area contributed by atoms with Gasteiger partial charge in [-0.05, 0) is 35.7 Å². The van der Waals surface area contributed by atoms with Crippen LogP contribution >= 0.6 is 11.6 Å². The van der Waals surface area contributed by atoms with Crippen LogP contribution in [0.25, 0.3) is 10.8 Å². The smallest absolute Gasteiger partial charge is 0.195 e. The summed E-state index contributed by atoms with van der Waals surface area (Å²) in [6.45, 7) is 0. The number of halogens is 3. The number of ketones is 1. The van der Waals surface area contributed by atoms with E-state index in [2.05, 4.69) is 0 Å². The summed E-state index contributed by atoms with van der Waals surface area (Å²) in [4.78, 5) is 12.6. The first-order valence-corrected chi connectivity index (χ1v) is 6.63. The van der Waals surface area contributed by atoms with Crippen LogP contribution in [0.3, 0.4) is 0 Å². The summed E-state index contributed by atoms with van der Waals surface area (Å²) in [5, 5.41) is 0.980. The van der Waals surface area contributed by atoms with Gasteiger partial charge in [-0.1, -0.05) is 35.9 Å². The van der Waals surface area contributed by atoms with Gasteiger partial charge in [0.05, 0.1) is 5.02 Å². The van der Waals surface area contributed by atoms with Crippen molar-refractivity contribution in [3.8, 4) is 0 Å². The third-order valence-electron chi connectivity index (χ3n) is 3.29. The molecule has 21 heavy (non-hydrogen) atoms. The molecule has 0 heterocycles. The SMILES string of the molecule is O=C(c1cc(F)ccc1Cl)c1ccc(F)c2ccccc12. The van der Waals surface area contributed by atoms with Crippen molar-refractivity contribution in [2.24, 2.45) is 0 Å². The van der Waals surface area contributed by atoms with Crippen LogP contribution < -0.4 is 0 Å². The number of carbonyl (C=O) groups is 1. The summed E-state index contributed by atoms with van der Waals surface area (Å²) in [7, 11) is 0. The van der Waals surface area contributed by atoms with Crippen molar-refractivity contribution in [2.45, 2.75) is 0 Å². The van der Waals surface area contributed by atoms with Crippen molar-refractivity contribution in [1.82, 2.24) is 0 Å². The molecule has 104 valence electrons. The lowest BCUT2D eigenvalue weighted by Crippen LogP contribution is -2.04. The van der Waals surface area contributed by atoms with Crippen molar-refractivity contribution >= 4 is 28.2 Å². The molecule has 0 spiro atoms. The zero-order valence-electron chi connectivity index (χ0n) is 10.7. The zero-order valence-corrected chi connectivity index (χ0v) is 11.5. The Kier molecular flexibility index (Phi) is 3.43. The van der Waals surface area contributed by atoms with E-state index in [0.29, 0.717) is 16.3 Å². The number of fused-ring (bicyclic) bond motifs is 1. The van der Waals surface area contributed by atoms with E-state index < -0.39 is 17.4 Å². The van der Waals surface area contributed by atoms with Crippen LogP contribution in [0.15, 0.2) is 54.6 Å². The van der Waals surface area contributed by atoms with Crippen molar-refractivity contribution < 1.29 is 13.6 Å². The largest absolute Gasteiger partial charge is 0.289 e. The molecule has 0 fully saturated rings. The standard InChI is InChI=1S/C17H9ClF2O/c18-15-7-5-10(19)9-14(15)17(21)13-6-8-16(20)12-4-2-1-3-11(12)13/h1-9H. The summed E-state index contributed by atoms with van der Waals surface area (Å²) >= 11 is 5.96. The van der Waals surface area contributed by atoms with Gasteiger partial charge in [0, 0.05) is 16.5 Å². The van der Waals surface area contributed by atoms with Gasteiger partial charge in [0.1, 0.15) is 11.6 Å². The highest BCUT2D eigenvalue weighted by atomic mass is 35.5. The van der Waals surface area contributed by atoms with E-state index in [1.54, 1.807) is 24.3 Å². The maximum Gasteiger partial charge on any atom is 0.195 e. The average molecular weight is 303 g/mol. The molecule has 3 aromatic carbocycles. The van der Waals surface area contributed by atoms with E-state index in [-0.39, 0.29) is 10.6 Å². The Hall–Kier alpha value is -2.26. The van der Waals surface area contributed by atoms with Gasteiger partial charge in [-0.3, -0.25) is 4.79 Å². The quantitative estimate of drug-likeness (QED) is 0.609. The van der Waals surface area contributed by atoms with E-state index in [1.807, 2.05) is 0 Å². The minimum Gasteiger partial charge on any atom is -0.289 e. The van der Waals surface area contributed by atoms with Crippen molar-refractivity contribution in [2.75, 3.05) is 0 Å². The van der Waals surface area contributed by atoms with Gasteiger partial charge < -0.3 is 0 Å². The molecule has 0 saturated carbocycles. The Labute approximate surface area is 124 Å². The summed E-state index contributed by atoms with van der Waals surface area (Å²) in [6, 6.07) is 12.9. The molecule has 0 aromatic heterocycles. The van der Waals surface area contributed by atoms with Crippen molar-refractivity contribution in [3.05, 3.63) is 82.4 Å². The van der Waals surface area contributed by atoms with E-state index in [9.17, 15) is 13.6 Å². The predicted octanol–water partition coefficient (Wildman–Crippen LogP) is 5.00. The van der Waals surface area contributed by atoms with Gasteiger partial charge in [-0.2, -0.15) is 0 Å². The highest BCUT2D eigenvalue weighted by molar-refractivity contribution is 6.35. The predicted molar refractivity (Wildman–Crippen MR) is 78.7 cm³/mol. The monoisotopic (exact) mass is 302 g/mol. The van der Waals surface area contributed by atoms with Crippen LogP contribution in [0.2, 0.25) is 5.02 Å². The third kappa shape index (κ3) is 2.41. The molecular formula is C17H9ClF2O. The number of hydrogen-bond donors (Lipinski definition) is 0. The summed E-state index contributed by atoms with van der Waals surface area (Å²) < 4.78 is 27.1. The molecule has 0 radical (unpaired) electrons. The number of hydrogen-bond acceptors (Lipinski definition) is 1. The molecule has 0 aliphatic carbocycles. The molecule has 0 aliphatic heterocycles. The van der Waals surface area contributed by atoms with Gasteiger partial charge in [-0.15, -0.1) is 0 Å². The molecular weight excluding hydrogens is 294 g/mol. The van der Waals surface area contributed by atoms with Gasteiger partial charge in [0.25, 0.3) is 0 Å². The molecule has 0 aliphatic rings. The summed E-state index contributed by atoms with van der Waals surface area (Å²) in [5.74, 6) is -1.39. The molecule has 0 amide bonds. The lowest BCUT2D eigenvalue weighted by atomic mass is 9.97. The molecule has 0 saturated heterocycles. The van der Waals surface area contributed by atoms with Crippen LogP contribution in [0.5, 0.6) is 0 Å². The molecule has 4 heteroatoms. The van der Waals surface area contributed by atoms with Gasteiger partial charge >= 0.3 is 0 Å². The van der Waals surface area contributed by atoms with E-state index >= 15 is 0 Å². The number of carbonyl (C=O) groups excluding carboxylic acids is 1. The second-order valence-corrected chi connectivity index (χ2v) is 5.00. The fourth-order valence-electron chi connectivity index (χ4n) is 2.28. The van der Waals surface area contributed by atoms with E-state index in [0.717, 1.165) is 6.07 Å². The Balaban J connectivity index is 2.23. The fourth-order valence-corrected chi connectivity index (χ4v) is 2.48. The average Bonchev–Trinajstić information content (AvgIpc) is 2.50. The molecule has 3 aromatic rings. The normalized spacial score (nSPS) is 10.8. The van der Waals surface area contributed by atoms with Gasteiger partial charge in [0.2, 0.25) is 0 Å². The minimum absolute atomic E-state index is 0.0634. The van der Waals surface area contributed by atoms with Gasteiger partial charge in [0.15, 0.2) is 5.78 Å². The van der Waals surface area contributed by atoms with Crippen molar-refractivity contribution in [3.63, 3.8) is 0 Å². The lowest BCUT2D eigenvalue weighted by Gasteiger charge is -2.08. The second-order valence-electron chi connectivity index (χ2n) is 4.59. The zero-order chi connectivity index (χ0) is 15.0. The molecule has 1 nitrogen and oxygen atoms in total. The van der Waals surface area contributed by atoms with Crippen LogP contribution in [-0.4, -0.2) is 5.78 Å². The highest BCUT2D eigenvalue weighted by Gasteiger charge is 2.17. The molecule has 0 atom stereocenters. The molecule has 0 N–H and O–H groups in total. The minimum atomic E-state index is -0.547. The number of benzene rings is 3. The van der Waals surface area contributed by atoms with Crippen LogP contribution in [0, 0.1) is 11.6 Å². The lowest BCUT2D eigenvalue weighted by molar-refractivity contribution is 0.104. The summed E-state index contributed by atoms with van der Waals surface area (Å²) in [5.41, 5.74) is 0.355. The third-order valence-corrected chi connectivity index (χ3v) is 3.62. The first kappa shape index (κ1) is 13.7. The Bertz CT molecular complexity index is 859. The first-order chi connectivity index (χ1) is 10.1. The van der Waals surface area contributed by atoms with Crippen molar-refractivity contribution in [1.29, 1.82) is 0 Å². The van der Waals surface area contributed by atoms with Gasteiger partial charge in [-0.25, -0.2) is 8.78 Å². The van der Waals surface area contributed by atoms with Crippen LogP contribution in [0.4, 0.5) is 8.78 Å². The fraction of sp³-hybridized carbons (Fsp3) is 0. The molecule has 3 rings (SSSR count). The van der Waals surface area contributed by atoms with Crippen LogP contribution in [0.1, 0.15) is 15.9 Å². The highest BCUT2D eigenvalue weighted by Crippen LogP contribution is 2.27. The number of rotatable bonds is 2. The van der Waals surface area contributed by atoms with Crippen LogP contribution in [-0.2, 0) is 0 Å². The Morgan fingerprint density at radius 1 is 0.857 bits per heavy atom. The second kappa shape index (κ2) is 5.26. The topological polar surface area (TPSA) is 17.1 Å². The van der Waals surface area contributed by atoms with E-state index in [4.69, 9.17) is 11.6 Å². The molecule has 0 unspecified atom stereocenters. The Morgan fingerprint density at radius 2 is 1.57 bits per heavy atom. The molecule has 0 bridgehead atoms. The summed E-state index contributed by atoms with van der Waals surface area (Å²) in [6.07, 6.45) is 0. The maximum absolute atomic E-state index is 13.8.